The minimum absolute atomic E-state index is 0.00375. The van der Waals surface area contributed by atoms with E-state index in [1.807, 2.05) is 0 Å². The van der Waals surface area contributed by atoms with Crippen molar-refractivity contribution in [2.24, 2.45) is 0 Å². The van der Waals surface area contributed by atoms with E-state index >= 15 is 0 Å². The molecule has 3 heterocycles. The lowest BCUT2D eigenvalue weighted by Gasteiger charge is -2.53. The maximum absolute atomic E-state index is 2.86. The van der Waals surface area contributed by atoms with E-state index in [-0.39, 0.29) is 33.9 Å². The molecule has 3 aliphatic heterocycles. The standard InChI is InChI=1S/C44H53BN2/c1-40(2,3)28-16-14-17-31(24-28)46-35-25-29(41(4,5)6)20-21-33(35)45-34-19-15-18-32-39(34)47(44(11)23-13-12-22-43(32,44)10)37-27-30(42(7,8)9)26-36(46)38(37)45/h14-21,24-27H,12-13,22-23H2,1-11H3. The van der Waals surface area contributed by atoms with Gasteiger partial charge in [-0.05, 0) is 105 Å². The minimum atomic E-state index is 0.00375. The van der Waals surface area contributed by atoms with Crippen molar-refractivity contribution in [2.45, 2.75) is 129 Å². The fraction of sp³-hybridized carbons (Fsp3) is 0.455. The number of benzene rings is 4. The molecule has 4 aromatic carbocycles. The van der Waals surface area contributed by atoms with Crippen LogP contribution in [0.2, 0.25) is 0 Å². The second-order valence-electron chi connectivity index (χ2n) is 18.7. The van der Waals surface area contributed by atoms with Gasteiger partial charge in [0, 0.05) is 33.9 Å². The Kier molecular flexibility index (Phi) is 6.29. The number of hydrogen-bond donors (Lipinski definition) is 0. The van der Waals surface area contributed by atoms with Gasteiger partial charge in [0.2, 0.25) is 0 Å². The Labute approximate surface area is 284 Å². The Morgan fingerprint density at radius 1 is 0.596 bits per heavy atom. The van der Waals surface area contributed by atoms with Gasteiger partial charge in [0.25, 0.3) is 6.71 Å². The number of hydrogen-bond acceptors (Lipinski definition) is 2. The third-order valence-electron chi connectivity index (χ3n) is 12.7. The average molecular weight is 621 g/mol. The van der Waals surface area contributed by atoms with Crippen LogP contribution in [0.3, 0.4) is 0 Å². The minimum Gasteiger partial charge on any atom is -0.335 e. The van der Waals surface area contributed by atoms with Crippen molar-refractivity contribution in [2.75, 3.05) is 9.80 Å². The van der Waals surface area contributed by atoms with Gasteiger partial charge in [-0.1, -0.05) is 125 Å². The van der Waals surface area contributed by atoms with Crippen LogP contribution in [0.4, 0.5) is 28.4 Å². The molecule has 0 N–H and O–H groups in total. The summed E-state index contributed by atoms with van der Waals surface area (Å²) in [4.78, 5) is 5.50. The summed E-state index contributed by atoms with van der Waals surface area (Å²) < 4.78 is 0. The lowest BCUT2D eigenvalue weighted by Crippen LogP contribution is -2.64. The molecule has 1 aliphatic carbocycles. The molecule has 0 saturated heterocycles. The second kappa shape index (κ2) is 9.58. The lowest BCUT2D eigenvalue weighted by atomic mass is 9.33. The number of nitrogens with zero attached hydrogens (tertiary/aromatic N) is 2. The van der Waals surface area contributed by atoms with E-state index < -0.39 is 0 Å². The van der Waals surface area contributed by atoms with Crippen molar-refractivity contribution in [1.29, 1.82) is 0 Å². The molecule has 3 heteroatoms. The molecule has 8 rings (SSSR count). The quantitative estimate of drug-likeness (QED) is 0.172. The predicted molar refractivity (Wildman–Crippen MR) is 205 cm³/mol. The van der Waals surface area contributed by atoms with Gasteiger partial charge < -0.3 is 9.80 Å². The fourth-order valence-corrected chi connectivity index (χ4v) is 9.57. The first-order chi connectivity index (χ1) is 21.9. The molecule has 2 atom stereocenters. The van der Waals surface area contributed by atoms with Gasteiger partial charge in [-0.2, -0.15) is 0 Å². The van der Waals surface area contributed by atoms with Crippen LogP contribution in [0, 0.1) is 0 Å². The summed E-state index contributed by atoms with van der Waals surface area (Å²) in [6, 6.07) is 29.2. The highest BCUT2D eigenvalue weighted by atomic mass is 15.3. The number of para-hydroxylation sites is 1. The Morgan fingerprint density at radius 2 is 1.21 bits per heavy atom. The molecule has 242 valence electrons. The van der Waals surface area contributed by atoms with Crippen LogP contribution in [-0.2, 0) is 21.7 Å². The van der Waals surface area contributed by atoms with Crippen molar-refractivity contribution in [3.63, 3.8) is 0 Å². The Hall–Kier alpha value is -3.46. The van der Waals surface area contributed by atoms with Crippen LogP contribution >= 0.6 is 0 Å². The zero-order chi connectivity index (χ0) is 33.5. The summed E-state index contributed by atoms with van der Waals surface area (Å²) in [6.07, 6.45) is 5.07. The normalized spacial score (nSPS) is 22.9. The van der Waals surface area contributed by atoms with E-state index in [2.05, 4.69) is 159 Å². The summed E-state index contributed by atoms with van der Waals surface area (Å²) in [7, 11) is 0. The molecule has 0 amide bonds. The topological polar surface area (TPSA) is 6.48 Å². The average Bonchev–Trinajstić information content (AvgIpc) is 3.21. The van der Waals surface area contributed by atoms with Crippen LogP contribution in [0.5, 0.6) is 0 Å². The summed E-state index contributed by atoms with van der Waals surface area (Å²) in [6.45, 7) is 26.5. The van der Waals surface area contributed by atoms with Gasteiger partial charge in [0.15, 0.2) is 0 Å². The van der Waals surface area contributed by atoms with E-state index in [9.17, 15) is 0 Å². The summed E-state index contributed by atoms with van der Waals surface area (Å²) in [5.74, 6) is 0. The second-order valence-corrected chi connectivity index (χ2v) is 18.7. The zero-order valence-electron chi connectivity index (χ0n) is 30.7. The Balaban J connectivity index is 1.52. The Morgan fingerprint density at radius 3 is 1.91 bits per heavy atom. The monoisotopic (exact) mass is 620 g/mol. The highest BCUT2D eigenvalue weighted by molar-refractivity contribution is 7.00. The van der Waals surface area contributed by atoms with Crippen molar-refractivity contribution >= 4 is 51.5 Å². The largest absolute Gasteiger partial charge is 0.335 e. The molecule has 1 fully saturated rings. The number of anilines is 5. The maximum Gasteiger partial charge on any atom is 0.252 e. The zero-order valence-corrected chi connectivity index (χ0v) is 30.7. The van der Waals surface area contributed by atoms with Gasteiger partial charge in [0.05, 0.1) is 5.54 Å². The van der Waals surface area contributed by atoms with Crippen LogP contribution in [0.25, 0.3) is 0 Å². The molecule has 0 aromatic heterocycles. The van der Waals surface area contributed by atoms with Gasteiger partial charge in [0.1, 0.15) is 0 Å². The molecule has 0 spiro atoms. The first-order valence-corrected chi connectivity index (χ1v) is 18.1. The fourth-order valence-electron chi connectivity index (χ4n) is 9.57. The third kappa shape index (κ3) is 4.17. The molecule has 2 unspecified atom stereocenters. The molecule has 2 nitrogen and oxygen atoms in total. The van der Waals surface area contributed by atoms with Crippen LogP contribution in [-0.4, -0.2) is 12.3 Å². The lowest BCUT2D eigenvalue weighted by molar-refractivity contribution is 0.195. The first kappa shape index (κ1) is 30.9. The van der Waals surface area contributed by atoms with Crippen molar-refractivity contribution < 1.29 is 0 Å². The molecular formula is C44H53BN2. The predicted octanol–water partition coefficient (Wildman–Crippen LogP) is 9.93. The first-order valence-electron chi connectivity index (χ1n) is 18.1. The van der Waals surface area contributed by atoms with Gasteiger partial charge >= 0.3 is 0 Å². The Bertz CT molecular complexity index is 1950. The molecule has 47 heavy (non-hydrogen) atoms. The van der Waals surface area contributed by atoms with Crippen molar-refractivity contribution in [1.82, 2.24) is 0 Å². The van der Waals surface area contributed by atoms with E-state index in [0.29, 0.717) is 0 Å². The molecular weight excluding hydrogens is 567 g/mol. The smallest absolute Gasteiger partial charge is 0.252 e. The van der Waals surface area contributed by atoms with Crippen LogP contribution in [0.15, 0.2) is 72.8 Å². The molecule has 4 aromatic rings. The summed E-state index contributed by atoms with van der Waals surface area (Å²) in [5, 5.41) is 0. The van der Waals surface area contributed by atoms with E-state index in [4.69, 9.17) is 0 Å². The summed E-state index contributed by atoms with van der Waals surface area (Å²) in [5.41, 5.74) is 17.3. The van der Waals surface area contributed by atoms with Gasteiger partial charge in [-0.3, -0.25) is 0 Å². The highest BCUT2D eigenvalue weighted by Gasteiger charge is 2.61. The number of fused-ring (bicyclic) bond motifs is 7. The molecule has 4 aliphatic rings. The summed E-state index contributed by atoms with van der Waals surface area (Å²) >= 11 is 0. The molecule has 1 saturated carbocycles. The van der Waals surface area contributed by atoms with E-state index in [1.165, 1.54) is 87.2 Å². The third-order valence-corrected chi connectivity index (χ3v) is 12.7. The van der Waals surface area contributed by atoms with Crippen LogP contribution in [0.1, 0.15) is 124 Å². The van der Waals surface area contributed by atoms with Gasteiger partial charge in [-0.25, -0.2) is 0 Å². The van der Waals surface area contributed by atoms with Crippen LogP contribution < -0.4 is 26.2 Å². The van der Waals surface area contributed by atoms with Crippen molar-refractivity contribution in [3.05, 3.63) is 95.1 Å². The van der Waals surface area contributed by atoms with Gasteiger partial charge in [-0.15, -0.1) is 0 Å². The number of rotatable bonds is 1. The SMILES string of the molecule is CC(C)(C)c1cccc(N2c3cc(C(C)(C)C)ccc3B3c4cccc5c4N(c4cc(C(C)(C)C)cc2c43)C2(C)CCCCC52C)c1. The van der Waals surface area contributed by atoms with E-state index in [1.54, 1.807) is 5.56 Å². The van der Waals surface area contributed by atoms with Crippen molar-refractivity contribution in [3.8, 4) is 0 Å². The molecule has 0 radical (unpaired) electrons. The molecule has 0 bridgehead atoms. The maximum atomic E-state index is 2.86. The van der Waals surface area contributed by atoms with E-state index in [0.717, 1.165) is 0 Å². The highest BCUT2D eigenvalue weighted by Crippen LogP contribution is 2.62.